The largest absolute Gasteiger partial charge is 0.393 e. The number of hydrogen-bond donors (Lipinski definition) is 1. The fourth-order valence-corrected chi connectivity index (χ4v) is 2.32. The zero-order valence-electron chi connectivity index (χ0n) is 5.92. The van der Waals surface area contributed by atoms with Crippen LogP contribution < -0.4 is 0 Å². The highest BCUT2D eigenvalue weighted by molar-refractivity contribution is 5.81. The van der Waals surface area contributed by atoms with E-state index in [1.54, 1.807) is 0 Å². The molecule has 0 aromatic rings. The predicted octanol–water partition coefficient (Wildman–Crippen LogP) is 0.736. The molecule has 56 valence electrons. The molecule has 0 aliphatic heterocycles. The fraction of sp³-hybridized carbons (Fsp3) is 0.875. The number of fused-ring (bicyclic) bond motifs is 1. The average Bonchev–Trinajstić information content (AvgIpc) is 2.35. The lowest BCUT2D eigenvalue weighted by atomic mass is 9.99. The van der Waals surface area contributed by atoms with Gasteiger partial charge in [-0.2, -0.15) is 0 Å². The summed E-state index contributed by atoms with van der Waals surface area (Å²) >= 11 is 0. The van der Waals surface area contributed by atoms with Gasteiger partial charge in [-0.15, -0.1) is 0 Å². The Bertz CT molecular complexity index is 165. The lowest BCUT2D eigenvalue weighted by molar-refractivity contribution is -0.118. The topological polar surface area (TPSA) is 37.3 Å². The summed E-state index contributed by atoms with van der Waals surface area (Å²) in [6.07, 6.45) is 3.20. The number of hydrogen-bond acceptors (Lipinski definition) is 2. The van der Waals surface area contributed by atoms with Gasteiger partial charge in [0.25, 0.3) is 0 Å². The molecular formula is C8H12O2. The Morgan fingerprint density at radius 2 is 2.10 bits per heavy atom. The van der Waals surface area contributed by atoms with Gasteiger partial charge in [0.2, 0.25) is 0 Å². The number of Topliss-reactive ketones (excluding diaryl/α,β-unsaturated/α-hetero) is 1. The summed E-state index contributed by atoms with van der Waals surface area (Å²) in [6, 6.07) is 0. The van der Waals surface area contributed by atoms with Gasteiger partial charge in [0.1, 0.15) is 5.78 Å². The van der Waals surface area contributed by atoms with Crippen molar-refractivity contribution in [2.45, 2.75) is 31.8 Å². The minimum absolute atomic E-state index is 0.170. The van der Waals surface area contributed by atoms with Crippen molar-refractivity contribution in [1.29, 1.82) is 0 Å². The molecule has 0 bridgehead atoms. The van der Waals surface area contributed by atoms with Crippen molar-refractivity contribution in [3.8, 4) is 0 Å². The number of aliphatic hydroxyl groups excluding tert-OH is 1. The van der Waals surface area contributed by atoms with E-state index >= 15 is 0 Å². The van der Waals surface area contributed by atoms with Gasteiger partial charge >= 0.3 is 0 Å². The van der Waals surface area contributed by atoms with Crippen molar-refractivity contribution in [2.75, 3.05) is 0 Å². The van der Waals surface area contributed by atoms with E-state index < -0.39 is 0 Å². The summed E-state index contributed by atoms with van der Waals surface area (Å²) in [6.45, 7) is 0. The standard InChI is InChI=1S/C8H12O2/c9-6-3-5-1-2-8(10)7(5)4-6/h5,7-8,10H,1-4H2/t5-,7+,8-/m0/s1. The van der Waals surface area contributed by atoms with E-state index in [-0.39, 0.29) is 6.10 Å². The summed E-state index contributed by atoms with van der Waals surface area (Å²) in [5.41, 5.74) is 0. The Labute approximate surface area is 60.2 Å². The molecule has 2 aliphatic rings. The molecule has 0 radical (unpaired) electrons. The maximum absolute atomic E-state index is 10.9. The zero-order valence-corrected chi connectivity index (χ0v) is 5.92. The summed E-state index contributed by atoms with van der Waals surface area (Å²) in [5, 5.41) is 9.36. The molecule has 0 amide bonds. The summed E-state index contributed by atoms with van der Waals surface area (Å²) in [4.78, 5) is 10.9. The second-order valence-electron chi connectivity index (χ2n) is 3.52. The van der Waals surface area contributed by atoms with E-state index in [0.717, 1.165) is 19.3 Å². The van der Waals surface area contributed by atoms with E-state index in [2.05, 4.69) is 0 Å². The van der Waals surface area contributed by atoms with Crippen molar-refractivity contribution in [3.05, 3.63) is 0 Å². The third-order valence-electron chi connectivity index (χ3n) is 2.89. The number of carbonyl (C=O) groups excluding carboxylic acids is 1. The van der Waals surface area contributed by atoms with Crippen LogP contribution in [0.3, 0.4) is 0 Å². The molecule has 0 spiro atoms. The van der Waals surface area contributed by atoms with Crippen molar-refractivity contribution in [2.24, 2.45) is 11.8 Å². The first-order valence-corrected chi connectivity index (χ1v) is 3.97. The second kappa shape index (κ2) is 2.06. The minimum atomic E-state index is -0.170. The highest BCUT2D eigenvalue weighted by Crippen LogP contribution is 2.42. The Morgan fingerprint density at radius 3 is 2.80 bits per heavy atom. The number of carbonyl (C=O) groups is 1. The molecule has 10 heavy (non-hydrogen) atoms. The van der Waals surface area contributed by atoms with E-state index in [0.29, 0.717) is 24.0 Å². The number of aliphatic hydroxyl groups is 1. The summed E-state index contributed by atoms with van der Waals surface area (Å²) in [7, 11) is 0. The summed E-state index contributed by atoms with van der Waals surface area (Å²) < 4.78 is 0. The van der Waals surface area contributed by atoms with Crippen LogP contribution >= 0.6 is 0 Å². The normalized spacial score (nSPS) is 46.1. The Hall–Kier alpha value is -0.370. The third-order valence-corrected chi connectivity index (χ3v) is 2.89. The molecular weight excluding hydrogens is 128 g/mol. The molecule has 0 saturated heterocycles. The van der Waals surface area contributed by atoms with Crippen molar-refractivity contribution < 1.29 is 9.90 Å². The van der Waals surface area contributed by atoms with E-state index in [4.69, 9.17) is 0 Å². The average molecular weight is 140 g/mol. The first-order chi connectivity index (χ1) is 4.77. The Kier molecular flexibility index (Phi) is 1.31. The first kappa shape index (κ1) is 6.35. The molecule has 2 rings (SSSR count). The third kappa shape index (κ3) is 0.788. The maximum atomic E-state index is 10.9. The smallest absolute Gasteiger partial charge is 0.133 e. The van der Waals surface area contributed by atoms with Crippen LogP contribution in [0, 0.1) is 11.8 Å². The SMILES string of the molecule is O=C1C[C@@H]2CC[C@H](O)[C@@H]2C1. The van der Waals surface area contributed by atoms with Gasteiger partial charge in [-0.05, 0) is 24.7 Å². The molecule has 0 aromatic heterocycles. The van der Waals surface area contributed by atoms with Crippen LogP contribution in [0.1, 0.15) is 25.7 Å². The highest BCUT2D eigenvalue weighted by Gasteiger charge is 2.41. The van der Waals surface area contributed by atoms with Crippen LogP contribution in [0.2, 0.25) is 0 Å². The molecule has 1 N–H and O–H groups in total. The van der Waals surface area contributed by atoms with Gasteiger partial charge in [0, 0.05) is 12.8 Å². The van der Waals surface area contributed by atoms with E-state index in [9.17, 15) is 9.90 Å². The second-order valence-corrected chi connectivity index (χ2v) is 3.52. The van der Waals surface area contributed by atoms with Crippen LogP contribution in [0.5, 0.6) is 0 Å². The van der Waals surface area contributed by atoms with Gasteiger partial charge in [0.15, 0.2) is 0 Å². The highest BCUT2D eigenvalue weighted by atomic mass is 16.3. The van der Waals surface area contributed by atoms with Crippen molar-refractivity contribution in [3.63, 3.8) is 0 Å². The van der Waals surface area contributed by atoms with Crippen molar-refractivity contribution >= 4 is 5.78 Å². The molecule has 2 fully saturated rings. The van der Waals surface area contributed by atoms with Crippen LogP contribution in [0.25, 0.3) is 0 Å². The lowest BCUT2D eigenvalue weighted by Gasteiger charge is -2.09. The van der Waals surface area contributed by atoms with Crippen LogP contribution in [0.15, 0.2) is 0 Å². The maximum Gasteiger partial charge on any atom is 0.133 e. The molecule has 2 saturated carbocycles. The van der Waals surface area contributed by atoms with E-state index in [1.807, 2.05) is 0 Å². The van der Waals surface area contributed by atoms with Crippen LogP contribution in [-0.2, 0) is 4.79 Å². The monoisotopic (exact) mass is 140 g/mol. The van der Waals surface area contributed by atoms with Gasteiger partial charge in [0.05, 0.1) is 6.10 Å². The van der Waals surface area contributed by atoms with Gasteiger partial charge in [-0.1, -0.05) is 0 Å². The lowest BCUT2D eigenvalue weighted by Crippen LogP contribution is -2.13. The quantitative estimate of drug-likeness (QED) is 0.538. The zero-order chi connectivity index (χ0) is 7.14. The molecule has 0 unspecified atom stereocenters. The minimum Gasteiger partial charge on any atom is -0.393 e. The fourth-order valence-electron chi connectivity index (χ4n) is 2.32. The number of rotatable bonds is 0. The Morgan fingerprint density at radius 1 is 1.30 bits per heavy atom. The van der Waals surface area contributed by atoms with Crippen LogP contribution in [0.4, 0.5) is 0 Å². The van der Waals surface area contributed by atoms with Gasteiger partial charge < -0.3 is 5.11 Å². The first-order valence-electron chi connectivity index (χ1n) is 3.97. The van der Waals surface area contributed by atoms with E-state index in [1.165, 1.54) is 0 Å². The molecule has 0 aromatic carbocycles. The summed E-state index contributed by atoms with van der Waals surface area (Å²) in [5.74, 6) is 1.21. The molecule has 2 nitrogen and oxygen atoms in total. The van der Waals surface area contributed by atoms with Gasteiger partial charge in [-0.25, -0.2) is 0 Å². The van der Waals surface area contributed by atoms with Crippen molar-refractivity contribution in [1.82, 2.24) is 0 Å². The molecule has 0 heterocycles. The Balaban J connectivity index is 2.12. The van der Waals surface area contributed by atoms with Crippen LogP contribution in [-0.4, -0.2) is 17.0 Å². The number of ketones is 1. The predicted molar refractivity (Wildman–Crippen MR) is 36.5 cm³/mol. The molecule has 2 heteroatoms. The molecule has 3 atom stereocenters. The molecule has 2 aliphatic carbocycles. The van der Waals surface area contributed by atoms with Gasteiger partial charge in [-0.3, -0.25) is 4.79 Å².